The first-order valence-corrected chi connectivity index (χ1v) is 8.01. The van der Waals surface area contributed by atoms with Crippen LogP contribution >= 0.6 is 27.3 Å². The summed E-state index contributed by atoms with van der Waals surface area (Å²) in [6.07, 6.45) is 1.14. The molecule has 2 heterocycles. The van der Waals surface area contributed by atoms with Crippen LogP contribution in [0.25, 0.3) is 10.6 Å². The van der Waals surface area contributed by atoms with Crippen molar-refractivity contribution in [2.24, 2.45) is 0 Å². The standard InChI is InChI=1S/C14H15BrN2OS/c15-11-3-1-2-10(6-11)14-17-12(9-19-14)7-13-8-16-4-5-18-13/h1-3,6,9,13,16H,4-5,7-8H2. The second-order valence-corrected chi connectivity index (χ2v) is 6.33. The summed E-state index contributed by atoms with van der Waals surface area (Å²) in [6, 6.07) is 8.25. The number of hydrogen-bond donors (Lipinski definition) is 1. The van der Waals surface area contributed by atoms with E-state index in [1.165, 1.54) is 0 Å². The van der Waals surface area contributed by atoms with Gasteiger partial charge in [0.25, 0.3) is 0 Å². The second kappa shape index (κ2) is 6.13. The Morgan fingerprint density at radius 3 is 3.21 bits per heavy atom. The highest BCUT2D eigenvalue weighted by molar-refractivity contribution is 9.10. The number of nitrogens with one attached hydrogen (secondary N) is 1. The molecule has 0 aliphatic carbocycles. The number of aromatic nitrogens is 1. The number of nitrogens with zero attached hydrogens (tertiary/aromatic N) is 1. The molecule has 5 heteroatoms. The van der Waals surface area contributed by atoms with Crippen molar-refractivity contribution in [3.63, 3.8) is 0 Å². The van der Waals surface area contributed by atoms with Crippen molar-refractivity contribution in [3.8, 4) is 10.6 Å². The molecule has 1 unspecified atom stereocenters. The van der Waals surface area contributed by atoms with Crippen LogP contribution in [-0.4, -0.2) is 30.8 Å². The topological polar surface area (TPSA) is 34.2 Å². The molecule has 0 saturated carbocycles. The smallest absolute Gasteiger partial charge is 0.123 e. The number of rotatable bonds is 3. The molecule has 2 aromatic rings. The Morgan fingerprint density at radius 1 is 1.47 bits per heavy atom. The number of thiazole rings is 1. The molecule has 0 amide bonds. The first kappa shape index (κ1) is 13.2. The molecule has 1 aliphatic rings. The van der Waals surface area contributed by atoms with Gasteiger partial charge >= 0.3 is 0 Å². The molecular weight excluding hydrogens is 324 g/mol. The van der Waals surface area contributed by atoms with Crippen LogP contribution in [0.1, 0.15) is 5.69 Å². The van der Waals surface area contributed by atoms with Gasteiger partial charge in [-0.1, -0.05) is 28.1 Å². The van der Waals surface area contributed by atoms with Crippen molar-refractivity contribution in [2.75, 3.05) is 19.7 Å². The van der Waals surface area contributed by atoms with Crippen molar-refractivity contribution in [2.45, 2.75) is 12.5 Å². The van der Waals surface area contributed by atoms with Crippen molar-refractivity contribution in [3.05, 3.63) is 39.8 Å². The monoisotopic (exact) mass is 338 g/mol. The van der Waals surface area contributed by atoms with Gasteiger partial charge in [0, 0.05) is 34.9 Å². The molecular formula is C14H15BrN2OS. The second-order valence-electron chi connectivity index (χ2n) is 4.56. The summed E-state index contributed by atoms with van der Waals surface area (Å²) in [7, 11) is 0. The zero-order chi connectivity index (χ0) is 13.1. The lowest BCUT2D eigenvalue weighted by molar-refractivity contribution is 0.0287. The Hall–Kier alpha value is -0.750. The van der Waals surface area contributed by atoms with E-state index >= 15 is 0 Å². The van der Waals surface area contributed by atoms with E-state index in [1.54, 1.807) is 11.3 Å². The zero-order valence-electron chi connectivity index (χ0n) is 10.4. The van der Waals surface area contributed by atoms with E-state index < -0.39 is 0 Å². The lowest BCUT2D eigenvalue weighted by Crippen LogP contribution is -2.39. The predicted molar refractivity (Wildman–Crippen MR) is 81.6 cm³/mol. The summed E-state index contributed by atoms with van der Waals surface area (Å²) in [5.74, 6) is 0. The Balaban J connectivity index is 1.72. The molecule has 0 bridgehead atoms. The third kappa shape index (κ3) is 3.42. The molecule has 1 aromatic heterocycles. The van der Waals surface area contributed by atoms with E-state index in [4.69, 9.17) is 9.72 Å². The highest BCUT2D eigenvalue weighted by atomic mass is 79.9. The van der Waals surface area contributed by atoms with Crippen LogP contribution in [0.4, 0.5) is 0 Å². The zero-order valence-corrected chi connectivity index (χ0v) is 12.8. The molecule has 1 atom stereocenters. The summed E-state index contributed by atoms with van der Waals surface area (Å²) in [5, 5.41) is 6.55. The van der Waals surface area contributed by atoms with E-state index in [0.717, 1.165) is 46.9 Å². The maximum atomic E-state index is 5.71. The highest BCUT2D eigenvalue weighted by Gasteiger charge is 2.15. The number of morpholine rings is 1. The van der Waals surface area contributed by atoms with Gasteiger partial charge in [-0.05, 0) is 12.1 Å². The Bertz CT molecular complexity index is 552. The molecule has 19 heavy (non-hydrogen) atoms. The SMILES string of the molecule is Brc1cccc(-c2nc(CC3CNCCO3)cs2)c1. The summed E-state index contributed by atoms with van der Waals surface area (Å²) in [6.45, 7) is 2.67. The quantitative estimate of drug-likeness (QED) is 0.933. The fraction of sp³-hybridized carbons (Fsp3) is 0.357. The van der Waals surface area contributed by atoms with Gasteiger partial charge in [-0.25, -0.2) is 4.98 Å². The third-order valence-corrected chi connectivity index (χ3v) is 4.50. The lowest BCUT2D eigenvalue weighted by atomic mass is 10.2. The number of halogens is 1. The average molecular weight is 339 g/mol. The molecule has 1 aliphatic heterocycles. The molecule has 100 valence electrons. The van der Waals surface area contributed by atoms with Crippen LogP contribution in [-0.2, 0) is 11.2 Å². The molecule has 1 saturated heterocycles. The molecule has 1 N–H and O–H groups in total. The summed E-state index contributed by atoms with van der Waals surface area (Å²) < 4.78 is 6.80. The minimum Gasteiger partial charge on any atom is -0.375 e. The molecule has 1 fully saturated rings. The van der Waals surface area contributed by atoms with E-state index in [-0.39, 0.29) is 6.10 Å². The average Bonchev–Trinajstić information content (AvgIpc) is 2.88. The van der Waals surface area contributed by atoms with E-state index in [9.17, 15) is 0 Å². The molecule has 0 radical (unpaired) electrons. The lowest BCUT2D eigenvalue weighted by Gasteiger charge is -2.22. The number of benzene rings is 1. The van der Waals surface area contributed by atoms with Crippen molar-refractivity contribution < 1.29 is 4.74 Å². The van der Waals surface area contributed by atoms with E-state index in [2.05, 4.69) is 38.8 Å². The van der Waals surface area contributed by atoms with Crippen LogP contribution in [0.15, 0.2) is 34.1 Å². The third-order valence-electron chi connectivity index (χ3n) is 3.06. The van der Waals surface area contributed by atoms with Crippen molar-refractivity contribution >= 4 is 27.3 Å². The predicted octanol–water partition coefficient (Wildman–Crippen LogP) is 3.10. The van der Waals surface area contributed by atoms with E-state index in [0.29, 0.717) is 0 Å². The fourth-order valence-electron chi connectivity index (χ4n) is 2.14. The minimum absolute atomic E-state index is 0.256. The Kier molecular flexibility index (Phi) is 4.28. The highest BCUT2D eigenvalue weighted by Crippen LogP contribution is 2.26. The van der Waals surface area contributed by atoms with Gasteiger partial charge in [0.2, 0.25) is 0 Å². The van der Waals surface area contributed by atoms with Gasteiger partial charge < -0.3 is 10.1 Å². The summed E-state index contributed by atoms with van der Waals surface area (Å²) in [5.41, 5.74) is 2.28. The fourth-order valence-corrected chi connectivity index (χ4v) is 3.37. The largest absolute Gasteiger partial charge is 0.375 e. The van der Waals surface area contributed by atoms with Crippen LogP contribution in [0, 0.1) is 0 Å². The minimum atomic E-state index is 0.256. The van der Waals surface area contributed by atoms with Gasteiger partial charge in [0.15, 0.2) is 0 Å². The molecule has 3 rings (SSSR count). The first-order valence-electron chi connectivity index (χ1n) is 6.34. The number of ether oxygens (including phenoxy) is 1. The molecule has 3 nitrogen and oxygen atoms in total. The Labute approximate surface area is 125 Å². The summed E-state index contributed by atoms with van der Waals surface area (Å²) in [4.78, 5) is 4.71. The molecule has 1 aromatic carbocycles. The molecule has 0 spiro atoms. The van der Waals surface area contributed by atoms with Crippen molar-refractivity contribution in [1.82, 2.24) is 10.3 Å². The van der Waals surface area contributed by atoms with Gasteiger partial charge in [0.1, 0.15) is 5.01 Å². The van der Waals surface area contributed by atoms with Crippen molar-refractivity contribution in [1.29, 1.82) is 0 Å². The summed E-state index contributed by atoms with van der Waals surface area (Å²) >= 11 is 5.19. The van der Waals surface area contributed by atoms with Crippen LogP contribution in [0.3, 0.4) is 0 Å². The normalized spacial score (nSPS) is 19.5. The van der Waals surface area contributed by atoms with Gasteiger partial charge in [0.05, 0.1) is 18.4 Å². The first-order chi connectivity index (χ1) is 9.31. The Morgan fingerprint density at radius 2 is 2.42 bits per heavy atom. The van der Waals surface area contributed by atoms with Crippen LogP contribution in [0.5, 0.6) is 0 Å². The van der Waals surface area contributed by atoms with E-state index in [1.807, 2.05) is 12.1 Å². The van der Waals surface area contributed by atoms with Gasteiger partial charge in [-0.15, -0.1) is 11.3 Å². The van der Waals surface area contributed by atoms with Crippen LogP contribution in [0.2, 0.25) is 0 Å². The van der Waals surface area contributed by atoms with Gasteiger partial charge in [-0.3, -0.25) is 0 Å². The maximum absolute atomic E-state index is 5.71. The maximum Gasteiger partial charge on any atom is 0.123 e. The van der Waals surface area contributed by atoms with Crippen LogP contribution < -0.4 is 5.32 Å². The van der Waals surface area contributed by atoms with Gasteiger partial charge in [-0.2, -0.15) is 0 Å². The number of hydrogen-bond acceptors (Lipinski definition) is 4.